The number of rotatable bonds is 5. The standard InChI is InChI=1S/C17H24N4O2/c1-9-7-12(9)8-18-14(22)6-5-13-10(2)15-11(3)20-21(4)16(15)19-17(13)23/h9,12H,5-8H2,1-4H3,(H,18,22)(H,19,23)/t9-,12-/m0/s1. The fourth-order valence-corrected chi connectivity index (χ4v) is 3.31. The van der Waals surface area contributed by atoms with Gasteiger partial charge in [0.15, 0.2) is 0 Å². The average molecular weight is 316 g/mol. The Balaban J connectivity index is 1.73. The van der Waals surface area contributed by atoms with E-state index in [1.807, 2.05) is 20.9 Å². The molecule has 0 aliphatic heterocycles. The number of carbonyl (C=O) groups excluding carboxylic acids is 1. The van der Waals surface area contributed by atoms with Gasteiger partial charge in [0.25, 0.3) is 5.56 Å². The minimum Gasteiger partial charge on any atom is -0.356 e. The van der Waals surface area contributed by atoms with Crippen molar-refractivity contribution in [2.75, 3.05) is 6.54 Å². The number of hydrogen-bond acceptors (Lipinski definition) is 3. The third-order valence-electron chi connectivity index (χ3n) is 5.00. The van der Waals surface area contributed by atoms with Crippen LogP contribution in [0.5, 0.6) is 0 Å². The van der Waals surface area contributed by atoms with Crippen LogP contribution in [0.3, 0.4) is 0 Å². The largest absolute Gasteiger partial charge is 0.356 e. The Bertz CT molecular complexity index is 818. The normalized spacial score (nSPS) is 20.0. The summed E-state index contributed by atoms with van der Waals surface area (Å²) in [6.07, 6.45) is 2.00. The van der Waals surface area contributed by atoms with E-state index in [-0.39, 0.29) is 11.5 Å². The van der Waals surface area contributed by atoms with E-state index >= 15 is 0 Å². The number of aromatic nitrogens is 3. The summed E-state index contributed by atoms with van der Waals surface area (Å²) >= 11 is 0. The summed E-state index contributed by atoms with van der Waals surface area (Å²) in [6, 6.07) is 0. The van der Waals surface area contributed by atoms with Crippen LogP contribution in [0.4, 0.5) is 0 Å². The lowest BCUT2D eigenvalue weighted by atomic mass is 10.0. The molecular weight excluding hydrogens is 292 g/mol. The number of pyridine rings is 1. The number of nitrogens with one attached hydrogen (secondary N) is 2. The maximum absolute atomic E-state index is 12.3. The van der Waals surface area contributed by atoms with Crippen LogP contribution in [0.1, 0.15) is 36.6 Å². The van der Waals surface area contributed by atoms with Gasteiger partial charge in [-0.2, -0.15) is 5.10 Å². The molecule has 23 heavy (non-hydrogen) atoms. The predicted molar refractivity (Wildman–Crippen MR) is 89.4 cm³/mol. The summed E-state index contributed by atoms with van der Waals surface area (Å²) in [5.74, 6) is 1.39. The van der Waals surface area contributed by atoms with Gasteiger partial charge in [-0.25, -0.2) is 0 Å². The highest BCUT2D eigenvalue weighted by atomic mass is 16.1. The minimum atomic E-state index is -0.124. The summed E-state index contributed by atoms with van der Waals surface area (Å²) < 4.78 is 1.69. The second-order valence-electron chi connectivity index (χ2n) is 6.77. The Morgan fingerprint density at radius 1 is 1.43 bits per heavy atom. The molecule has 0 bridgehead atoms. The van der Waals surface area contributed by atoms with E-state index in [2.05, 4.69) is 22.3 Å². The van der Waals surface area contributed by atoms with E-state index in [9.17, 15) is 9.59 Å². The van der Waals surface area contributed by atoms with E-state index in [1.54, 1.807) is 4.68 Å². The van der Waals surface area contributed by atoms with Crippen molar-refractivity contribution in [2.24, 2.45) is 18.9 Å². The lowest BCUT2D eigenvalue weighted by molar-refractivity contribution is -0.121. The Labute approximate surface area is 135 Å². The number of carbonyl (C=O) groups is 1. The van der Waals surface area contributed by atoms with Gasteiger partial charge < -0.3 is 10.3 Å². The fourth-order valence-electron chi connectivity index (χ4n) is 3.31. The van der Waals surface area contributed by atoms with Crippen LogP contribution in [-0.4, -0.2) is 27.2 Å². The summed E-state index contributed by atoms with van der Waals surface area (Å²) in [5.41, 5.74) is 3.12. The van der Waals surface area contributed by atoms with Crippen molar-refractivity contribution < 1.29 is 4.79 Å². The molecule has 1 aliphatic rings. The highest BCUT2D eigenvalue weighted by Gasteiger charge is 2.32. The zero-order valence-electron chi connectivity index (χ0n) is 14.2. The van der Waals surface area contributed by atoms with Crippen molar-refractivity contribution in [1.82, 2.24) is 20.1 Å². The molecule has 124 valence electrons. The van der Waals surface area contributed by atoms with Gasteiger partial charge in [-0.05, 0) is 44.1 Å². The first-order chi connectivity index (χ1) is 10.9. The van der Waals surface area contributed by atoms with Crippen LogP contribution in [0.25, 0.3) is 11.0 Å². The average Bonchev–Trinajstić information content (AvgIpc) is 3.11. The molecule has 2 N–H and O–H groups in total. The molecule has 0 saturated heterocycles. The smallest absolute Gasteiger partial charge is 0.253 e. The van der Waals surface area contributed by atoms with Gasteiger partial charge in [-0.1, -0.05) is 6.92 Å². The summed E-state index contributed by atoms with van der Waals surface area (Å²) in [5, 5.41) is 8.31. The molecule has 0 unspecified atom stereocenters. The van der Waals surface area contributed by atoms with Gasteiger partial charge in [0, 0.05) is 31.0 Å². The van der Waals surface area contributed by atoms with Crippen LogP contribution in [0, 0.1) is 25.7 Å². The van der Waals surface area contributed by atoms with Crippen LogP contribution in [-0.2, 0) is 18.3 Å². The molecule has 0 radical (unpaired) electrons. The topological polar surface area (TPSA) is 79.8 Å². The number of aromatic amines is 1. The van der Waals surface area contributed by atoms with Crippen molar-refractivity contribution in [1.29, 1.82) is 0 Å². The number of hydrogen-bond donors (Lipinski definition) is 2. The second-order valence-corrected chi connectivity index (χ2v) is 6.77. The number of amides is 1. The van der Waals surface area contributed by atoms with Crippen molar-refractivity contribution in [3.05, 3.63) is 27.2 Å². The van der Waals surface area contributed by atoms with Crippen molar-refractivity contribution in [3.63, 3.8) is 0 Å². The Morgan fingerprint density at radius 3 is 2.78 bits per heavy atom. The molecule has 3 rings (SSSR count). The van der Waals surface area contributed by atoms with Gasteiger partial charge in [0.2, 0.25) is 5.91 Å². The molecule has 1 saturated carbocycles. The van der Waals surface area contributed by atoms with Crippen molar-refractivity contribution >= 4 is 16.9 Å². The number of aryl methyl sites for hydroxylation is 3. The zero-order chi connectivity index (χ0) is 16.7. The number of nitrogens with zero attached hydrogens (tertiary/aromatic N) is 2. The summed E-state index contributed by atoms with van der Waals surface area (Å²) in [6.45, 7) is 6.83. The summed E-state index contributed by atoms with van der Waals surface area (Å²) in [7, 11) is 1.82. The lowest BCUT2D eigenvalue weighted by Gasteiger charge is -2.08. The van der Waals surface area contributed by atoms with Crippen molar-refractivity contribution in [3.8, 4) is 0 Å². The third kappa shape index (κ3) is 3.02. The third-order valence-corrected chi connectivity index (χ3v) is 5.00. The molecule has 2 heterocycles. The number of fused-ring (bicyclic) bond motifs is 1. The Hall–Kier alpha value is -2.11. The van der Waals surface area contributed by atoms with Crippen LogP contribution in [0.15, 0.2) is 4.79 Å². The summed E-state index contributed by atoms with van der Waals surface area (Å²) in [4.78, 5) is 27.2. The number of H-pyrrole nitrogens is 1. The molecule has 0 spiro atoms. The van der Waals surface area contributed by atoms with Gasteiger partial charge in [0.05, 0.1) is 5.69 Å². The van der Waals surface area contributed by atoms with Gasteiger partial charge in [0.1, 0.15) is 5.65 Å². The molecule has 1 aliphatic carbocycles. The minimum absolute atomic E-state index is 0.0194. The first-order valence-corrected chi connectivity index (χ1v) is 8.20. The highest BCUT2D eigenvalue weighted by Crippen LogP contribution is 2.36. The van der Waals surface area contributed by atoms with Gasteiger partial charge >= 0.3 is 0 Å². The van der Waals surface area contributed by atoms with E-state index in [0.717, 1.165) is 34.8 Å². The molecular formula is C17H24N4O2. The van der Waals surface area contributed by atoms with E-state index < -0.39 is 0 Å². The van der Waals surface area contributed by atoms with Crippen LogP contribution >= 0.6 is 0 Å². The Kier molecular flexibility index (Phi) is 4.00. The molecule has 2 aromatic rings. The van der Waals surface area contributed by atoms with Crippen LogP contribution < -0.4 is 10.9 Å². The molecule has 2 aromatic heterocycles. The van der Waals surface area contributed by atoms with E-state index in [1.165, 1.54) is 6.42 Å². The molecule has 1 fully saturated rings. The van der Waals surface area contributed by atoms with Crippen molar-refractivity contribution in [2.45, 2.75) is 40.0 Å². The maximum Gasteiger partial charge on any atom is 0.253 e. The van der Waals surface area contributed by atoms with E-state index in [0.29, 0.717) is 24.3 Å². The fraction of sp³-hybridized carbons (Fsp3) is 0.588. The monoisotopic (exact) mass is 316 g/mol. The second kappa shape index (κ2) is 5.83. The molecule has 1 amide bonds. The molecule has 6 nitrogen and oxygen atoms in total. The molecule has 0 aromatic carbocycles. The SMILES string of the molecule is Cc1nn(C)c2[nH]c(=O)c(CCC(=O)NC[C@@H]3C[C@@H]3C)c(C)c12. The maximum atomic E-state index is 12.3. The zero-order valence-corrected chi connectivity index (χ0v) is 14.2. The Morgan fingerprint density at radius 2 is 2.13 bits per heavy atom. The lowest BCUT2D eigenvalue weighted by Crippen LogP contribution is -2.27. The quantitative estimate of drug-likeness (QED) is 0.879. The van der Waals surface area contributed by atoms with Gasteiger partial charge in [-0.3, -0.25) is 14.3 Å². The van der Waals surface area contributed by atoms with Gasteiger partial charge in [-0.15, -0.1) is 0 Å². The highest BCUT2D eigenvalue weighted by molar-refractivity contribution is 5.83. The molecule has 2 atom stereocenters. The predicted octanol–water partition coefficient (Wildman–Crippen LogP) is 1.58. The first-order valence-electron chi connectivity index (χ1n) is 8.20. The molecule has 6 heteroatoms. The van der Waals surface area contributed by atoms with E-state index in [4.69, 9.17) is 0 Å². The first kappa shape index (κ1) is 15.8. The van der Waals surface area contributed by atoms with Crippen LogP contribution in [0.2, 0.25) is 0 Å².